The van der Waals surface area contributed by atoms with Gasteiger partial charge in [0.1, 0.15) is 6.10 Å². The first kappa shape index (κ1) is 20.1. The standard InChI is InChI=1S/C19H27NO3S2/c1-11-8-9-18(24-11)17(23-7)10-20-25(21,22)19-15(5)13(3)12(2)14(4)16(19)6/h8-9,17,20H,10H2,1-7H3. The number of rotatable bonds is 6. The molecule has 0 aliphatic carbocycles. The van der Waals surface area contributed by atoms with Crippen molar-refractivity contribution in [2.75, 3.05) is 13.7 Å². The predicted octanol–water partition coefficient (Wildman–Crippen LogP) is 4.26. The van der Waals surface area contributed by atoms with E-state index in [1.165, 1.54) is 4.88 Å². The summed E-state index contributed by atoms with van der Waals surface area (Å²) >= 11 is 1.62. The van der Waals surface area contributed by atoms with Gasteiger partial charge in [0.15, 0.2) is 0 Å². The Morgan fingerprint density at radius 2 is 1.48 bits per heavy atom. The topological polar surface area (TPSA) is 55.4 Å². The van der Waals surface area contributed by atoms with Gasteiger partial charge in [0, 0.05) is 23.4 Å². The van der Waals surface area contributed by atoms with E-state index in [4.69, 9.17) is 4.74 Å². The van der Waals surface area contributed by atoms with Gasteiger partial charge in [-0.1, -0.05) is 0 Å². The molecular weight excluding hydrogens is 354 g/mol. The summed E-state index contributed by atoms with van der Waals surface area (Å²) in [5.74, 6) is 0. The van der Waals surface area contributed by atoms with E-state index in [1.807, 2.05) is 53.7 Å². The van der Waals surface area contributed by atoms with Crippen LogP contribution in [-0.2, 0) is 14.8 Å². The summed E-state index contributed by atoms with van der Waals surface area (Å²) in [7, 11) is -2.01. The van der Waals surface area contributed by atoms with Crippen molar-refractivity contribution in [3.63, 3.8) is 0 Å². The molecule has 25 heavy (non-hydrogen) atoms. The first-order valence-electron chi connectivity index (χ1n) is 8.25. The number of thiophene rings is 1. The molecule has 0 saturated heterocycles. The first-order valence-corrected chi connectivity index (χ1v) is 10.6. The Labute approximate surface area is 155 Å². The minimum absolute atomic E-state index is 0.212. The quantitative estimate of drug-likeness (QED) is 0.813. The monoisotopic (exact) mass is 381 g/mol. The van der Waals surface area contributed by atoms with Crippen LogP contribution in [-0.4, -0.2) is 22.1 Å². The Balaban J connectivity index is 2.34. The van der Waals surface area contributed by atoms with Crippen LogP contribution in [0.4, 0.5) is 0 Å². The predicted molar refractivity (Wildman–Crippen MR) is 104 cm³/mol. The summed E-state index contributed by atoms with van der Waals surface area (Å²) in [5, 5.41) is 0. The van der Waals surface area contributed by atoms with Crippen molar-refractivity contribution in [2.45, 2.75) is 52.5 Å². The molecule has 0 radical (unpaired) electrons. The molecule has 0 spiro atoms. The van der Waals surface area contributed by atoms with E-state index in [2.05, 4.69) is 4.72 Å². The van der Waals surface area contributed by atoms with E-state index in [1.54, 1.807) is 18.4 Å². The second kappa shape index (κ2) is 7.58. The van der Waals surface area contributed by atoms with E-state index < -0.39 is 10.0 Å². The molecule has 6 heteroatoms. The van der Waals surface area contributed by atoms with Crippen molar-refractivity contribution in [3.8, 4) is 0 Å². The lowest BCUT2D eigenvalue weighted by Gasteiger charge is -2.20. The van der Waals surface area contributed by atoms with Crippen molar-refractivity contribution >= 4 is 21.4 Å². The van der Waals surface area contributed by atoms with Crippen LogP contribution in [0.3, 0.4) is 0 Å². The average Bonchev–Trinajstić information content (AvgIpc) is 2.98. The van der Waals surface area contributed by atoms with Crippen LogP contribution in [0, 0.1) is 41.5 Å². The molecular formula is C19H27NO3S2. The van der Waals surface area contributed by atoms with Crippen LogP contribution in [0.2, 0.25) is 0 Å². The van der Waals surface area contributed by atoms with Gasteiger partial charge < -0.3 is 4.74 Å². The maximum atomic E-state index is 13.0. The third kappa shape index (κ3) is 3.97. The minimum Gasteiger partial charge on any atom is -0.375 e. The Kier molecular flexibility index (Phi) is 6.09. The van der Waals surface area contributed by atoms with Gasteiger partial charge in [-0.3, -0.25) is 0 Å². The van der Waals surface area contributed by atoms with Crippen LogP contribution >= 0.6 is 11.3 Å². The Morgan fingerprint density at radius 1 is 0.960 bits per heavy atom. The van der Waals surface area contributed by atoms with Crippen molar-refractivity contribution in [1.29, 1.82) is 0 Å². The molecule has 1 N–H and O–H groups in total. The number of benzene rings is 1. The fraction of sp³-hybridized carbons (Fsp3) is 0.474. The smallest absolute Gasteiger partial charge is 0.241 e. The van der Waals surface area contributed by atoms with Gasteiger partial charge in [0.2, 0.25) is 10.0 Å². The van der Waals surface area contributed by atoms with Crippen LogP contribution in [0.1, 0.15) is 43.7 Å². The van der Waals surface area contributed by atoms with Crippen LogP contribution in [0.25, 0.3) is 0 Å². The largest absolute Gasteiger partial charge is 0.375 e. The molecule has 1 heterocycles. The third-order valence-electron chi connectivity index (χ3n) is 5.02. The molecule has 2 rings (SSSR count). The molecule has 0 amide bonds. The second-order valence-corrected chi connectivity index (χ2v) is 9.50. The van der Waals surface area contributed by atoms with Crippen LogP contribution in [0.5, 0.6) is 0 Å². The highest BCUT2D eigenvalue weighted by Gasteiger charge is 2.25. The summed E-state index contributed by atoms with van der Waals surface area (Å²) in [4.78, 5) is 2.59. The molecule has 138 valence electrons. The minimum atomic E-state index is -3.62. The summed E-state index contributed by atoms with van der Waals surface area (Å²) in [6.07, 6.45) is -0.290. The Bertz CT molecular complexity index is 853. The van der Waals surface area contributed by atoms with Crippen molar-refractivity contribution < 1.29 is 13.2 Å². The number of hydrogen-bond donors (Lipinski definition) is 1. The van der Waals surface area contributed by atoms with Gasteiger partial charge >= 0.3 is 0 Å². The van der Waals surface area contributed by atoms with Gasteiger partial charge in [0.25, 0.3) is 0 Å². The number of sulfonamides is 1. The van der Waals surface area contributed by atoms with E-state index in [0.29, 0.717) is 4.90 Å². The highest BCUT2D eigenvalue weighted by molar-refractivity contribution is 7.89. The van der Waals surface area contributed by atoms with Crippen LogP contribution < -0.4 is 4.72 Å². The molecule has 1 atom stereocenters. The zero-order valence-corrected chi connectivity index (χ0v) is 17.6. The zero-order valence-electron chi connectivity index (χ0n) is 16.0. The molecule has 1 aromatic carbocycles. The highest BCUT2D eigenvalue weighted by Crippen LogP contribution is 2.30. The summed E-state index contributed by atoms with van der Waals surface area (Å²) in [6.45, 7) is 12.0. The van der Waals surface area contributed by atoms with E-state index >= 15 is 0 Å². The number of methoxy groups -OCH3 is 1. The van der Waals surface area contributed by atoms with E-state index in [0.717, 1.165) is 32.7 Å². The van der Waals surface area contributed by atoms with E-state index in [9.17, 15) is 8.42 Å². The Hall–Kier alpha value is -1.21. The molecule has 1 unspecified atom stereocenters. The SMILES string of the molecule is COC(CNS(=O)(=O)c1c(C)c(C)c(C)c(C)c1C)c1ccc(C)s1. The average molecular weight is 382 g/mol. The van der Waals surface area contributed by atoms with Crippen molar-refractivity contribution in [2.24, 2.45) is 0 Å². The van der Waals surface area contributed by atoms with Gasteiger partial charge in [-0.25, -0.2) is 13.1 Å². The van der Waals surface area contributed by atoms with Crippen molar-refractivity contribution in [1.82, 2.24) is 4.72 Å². The summed E-state index contributed by atoms with van der Waals surface area (Å²) in [6, 6.07) is 4.00. The second-order valence-electron chi connectivity index (χ2n) is 6.48. The van der Waals surface area contributed by atoms with Gasteiger partial charge in [0.05, 0.1) is 4.90 Å². The molecule has 0 aliphatic rings. The Morgan fingerprint density at radius 3 is 1.92 bits per heavy atom. The normalized spacial score (nSPS) is 13.2. The third-order valence-corrected chi connectivity index (χ3v) is 7.81. The fourth-order valence-corrected chi connectivity index (χ4v) is 5.64. The molecule has 0 bridgehead atoms. The molecule has 4 nitrogen and oxygen atoms in total. The molecule has 0 saturated carbocycles. The summed E-state index contributed by atoms with van der Waals surface area (Å²) in [5.41, 5.74) is 4.84. The van der Waals surface area contributed by atoms with Gasteiger partial charge in [-0.15, -0.1) is 11.3 Å². The lowest BCUT2D eigenvalue weighted by atomic mass is 9.95. The van der Waals surface area contributed by atoms with E-state index in [-0.39, 0.29) is 12.6 Å². The lowest BCUT2D eigenvalue weighted by Crippen LogP contribution is -2.30. The number of nitrogens with one attached hydrogen (secondary N) is 1. The zero-order chi connectivity index (χ0) is 18.9. The molecule has 0 aliphatic heterocycles. The fourth-order valence-electron chi connectivity index (χ4n) is 3.05. The van der Waals surface area contributed by atoms with Crippen LogP contribution in [0.15, 0.2) is 17.0 Å². The van der Waals surface area contributed by atoms with Gasteiger partial charge in [-0.05, 0) is 81.5 Å². The molecule has 0 fully saturated rings. The highest BCUT2D eigenvalue weighted by atomic mass is 32.2. The molecule has 1 aromatic heterocycles. The molecule has 2 aromatic rings. The summed E-state index contributed by atoms with van der Waals surface area (Å²) < 4.78 is 34.2. The first-order chi connectivity index (χ1) is 11.6. The maximum absolute atomic E-state index is 13.0. The van der Waals surface area contributed by atoms with Gasteiger partial charge in [-0.2, -0.15) is 0 Å². The number of ether oxygens (including phenoxy) is 1. The lowest BCUT2D eigenvalue weighted by molar-refractivity contribution is 0.110. The maximum Gasteiger partial charge on any atom is 0.241 e. The number of aryl methyl sites for hydroxylation is 1. The number of hydrogen-bond acceptors (Lipinski definition) is 4. The van der Waals surface area contributed by atoms with Crippen molar-refractivity contribution in [3.05, 3.63) is 49.7 Å².